The van der Waals surface area contributed by atoms with Gasteiger partial charge in [0.25, 0.3) is 0 Å². The maximum atomic E-state index is 13.6. The molecule has 2 aromatic heterocycles. The van der Waals surface area contributed by atoms with E-state index in [1.54, 1.807) is 12.3 Å². The van der Waals surface area contributed by atoms with Crippen molar-refractivity contribution in [3.63, 3.8) is 0 Å². The Kier molecular flexibility index (Phi) is 3.00. The first kappa shape index (κ1) is 11.9. The Morgan fingerprint density at radius 3 is 3.05 bits per heavy atom. The van der Waals surface area contributed by atoms with Gasteiger partial charge in [0.2, 0.25) is 0 Å². The van der Waals surface area contributed by atoms with Gasteiger partial charge < -0.3 is 9.73 Å². The topological polar surface area (TPSA) is 66.7 Å². The largest absolute Gasteiger partial charge is 0.456 e. The lowest BCUT2D eigenvalue weighted by molar-refractivity contribution is 0.459. The highest BCUT2D eigenvalue weighted by molar-refractivity contribution is 5.78. The number of halogens is 1. The molecular formula is C13H13FN4O. The van der Waals surface area contributed by atoms with Crippen molar-refractivity contribution in [2.45, 2.75) is 13.0 Å². The second kappa shape index (κ2) is 4.81. The van der Waals surface area contributed by atoms with Gasteiger partial charge in [0.05, 0.1) is 6.20 Å². The minimum absolute atomic E-state index is 0.240. The standard InChI is InChI=1S/C13H13FN4O/c1-2-15-12(10-7-16-18-17-10)11-6-8-4-3-5-9(14)13(8)19-11/h3-7,12,15H,2H2,1H3,(H,16,17,18). The van der Waals surface area contributed by atoms with Gasteiger partial charge >= 0.3 is 0 Å². The summed E-state index contributed by atoms with van der Waals surface area (Å²) >= 11 is 0. The third-order valence-electron chi connectivity index (χ3n) is 2.94. The van der Waals surface area contributed by atoms with Crippen molar-refractivity contribution in [3.8, 4) is 0 Å². The van der Waals surface area contributed by atoms with E-state index in [1.165, 1.54) is 6.07 Å². The molecule has 0 aliphatic carbocycles. The van der Waals surface area contributed by atoms with Crippen LogP contribution in [0.3, 0.4) is 0 Å². The number of nitrogens with one attached hydrogen (secondary N) is 2. The van der Waals surface area contributed by atoms with Gasteiger partial charge in [-0.05, 0) is 18.7 Å². The predicted octanol–water partition coefficient (Wildman–Crippen LogP) is 2.39. The smallest absolute Gasteiger partial charge is 0.169 e. The molecular weight excluding hydrogens is 247 g/mol. The van der Waals surface area contributed by atoms with E-state index < -0.39 is 0 Å². The first-order chi connectivity index (χ1) is 9.29. The highest BCUT2D eigenvalue weighted by Crippen LogP contribution is 2.28. The second-order valence-corrected chi connectivity index (χ2v) is 4.19. The van der Waals surface area contributed by atoms with E-state index in [1.807, 2.05) is 19.1 Å². The maximum Gasteiger partial charge on any atom is 0.169 e. The Balaban J connectivity index is 2.08. The van der Waals surface area contributed by atoms with Gasteiger partial charge in [-0.25, -0.2) is 4.39 Å². The van der Waals surface area contributed by atoms with Crippen molar-refractivity contribution in [2.24, 2.45) is 0 Å². The van der Waals surface area contributed by atoms with Crippen LogP contribution >= 0.6 is 0 Å². The number of aromatic amines is 1. The molecule has 0 saturated heterocycles. The highest BCUT2D eigenvalue weighted by Gasteiger charge is 2.20. The lowest BCUT2D eigenvalue weighted by Crippen LogP contribution is -2.21. The molecule has 0 bridgehead atoms. The van der Waals surface area contributed by atoms with Gasteiger partial charge in [-0.1, -0.05) is 19.1 Å². The minimum atomic E-state index is -0.362. The number of benzene rings is 1. The molecule has 3 aromatic rings. The van der Waals surface area contributed by atoms with E-state index in [-0.39, 0.29) is 17.4 Å². The second-order valence-electron chi connectivity index (χ2n) is 4.19. The van der Waals surface area contributed by atoms with Gasteiger partial charge in [0.15, 0.2) is 11.4 Å². The monoisotopic (exact) mass is 260 g/mol. The Morgan fingerprint density at radius 2 is 2.37 bits per heavy atom. The van der Waals surface area contributed by atoms with Gasteiger partial charge in [-0.3, -0.25) is 0 Å². The van der Waals surface area contributed by atoms with E-state index in [2.05, 4.69) is 20.7 Å². The summed E-state index contributed by atoms with van der Waals surface area (Å²) in [7, 11) is 0. The number of fused-ring (bicyclic) bond motifs is 1. The van der Waals surface area contributed by atoms with Crippen molar-refractivity contribution in [3.05, 3.63) is 47.7 Å². The summed E-state index contributed by atoms with van der Waals surface area (Å²) in [5, 5.41) is 14.4. The van der Waals surface area contributed by atoms with Crippen LogP contribution in [0, 0.1) is 5.82 Å². The molecule has 1 aromatic carbocycles. The molecule has 0 aliphatic heterocycles. The lowest BCUT2D eigenvalue weighted by Gasteiger charge is -2.11. The summed E-state index contributed by atoms with van der Waals surface area (Å²) in [5.41, 5.74) is 0.977. The van der Waals surface area contributed by atoms with Crippen LogP contribution in [0.25, 0.3) is 11.0 Å². The van der Waals surface area contributed by atoms with Crippen LogP contribution < -0.4 is 5.32 Å². The number of furan rings is 1. The fraction of sp³-hybridized carbons (Fsp3) is 0.231. The molecule has 0 spiro atoms. The fourth-order valence-electron chi connectivity index (χ4n) is 2.09. The van der Waals surface area contributed by atoms with Gasteiger partial charge in [0.1, 0.15) is 17.5 Å². The normalized spacial score (nSPS) is 12.9. The van der Waals surface area contributed by atoms with Gasteiger partial charge in [0, 0.05) is 5.39 Å². The van der Waals surface area contributed by atoms with Crippen LogP contribution in [0.2, 0.25) is 0 Å². The first-order valence-electron chi connectivity index (χ1n) is 6.06. The molecule has 0 saturated carbocycles. The number of para-hydroxylation sites is 1. The van der Waals surface area contributed by atoms with Crippen LogP contribution in [0.5, 0.6) is 0 Å². The number of aromatic nitrogens is 3. The minimum Gasteiger partial charge on any atom is -0.456 e. The first-order valence-corrected chi connectivity index (χ1v) is 6.06. The molecule has 0 radical (unpaired) electrons. The molecule has 2 N–H and O–H groups in total. The van der Waals surface area contributed by atoms with Gasteiger partial charge in [-0.15, -0.1) is 0 Å². The molecule has 0 fully saturated rings. The number of hydrogen-bond donors (Lipinski definition) is 2. The van der Waals surface area contributed by atoms with Crippen LogP contribution in [0.1, 0.15) is 24.4 Å². The summed E-state index contributed by atoms with van der Waals surface area (Å²) in [4.78, 5) is 0. The summed E-state index contributed by atoms with van der Waals surface area (Å²) in [5.74, 6) is 0.259. The number of H-pyrrole nitrogens is 1. The molecule has 3 rings (SSSR count). The Hall–Kier alpha value is -2.21. The Bertz CT molecular complexity index is 677. The molecule has 5 nitrogen and oxygen atoms in total. The van der Waals surface area contributed by atoms with E-state index in [0.29, 0.717) is 11.5 Å². The van der Waals surface area contributed by atoms with Crippen molar-refractivity contribution in [2.75, 3.05) is 6.54 Å². The summed E-state index contributed by atoms with van der Waals surface area (Å²) < 4.78 is 19.3. The Morgan fingerprint density at radius 1 is 1.47 bits per heavy atom. The third kappa shape index (κ3) is 2.10. The highest BCUT2D eigenvalue weighted by atomic mass is 19.1. The maximum absolute atomic E-state index is 13.6. The van der Waals surface area contributed by atoms with Crippen LogP contribution in [-0.2, 0) is 0 Å². The zero-order chi connectivity index (χ0) is 13.2. The van der Waals surface area contributed by atoms with Crippen molar-refractivity contribution in [1.29, 1.82) is 0 Å². The lowest BCUT2D eigenvalue weighted by atomic mass is 10.1. The number of nitrogens with zero attached hydrogens (tertiary/aromatic N) is 2. The van der Waals surface area contributed by atoms with Crippen molar-refractivity contribution < 1.29 is 8.81 Å². The SMILES string of the molecule is CCNC(c1cn[nH]n1)c1cc2cccc(F)c2o1. The van der Waals surface area contributed by atoms with Crippen LogP contribution in [0.4, 0.5) is 4.39 Å². The molecule has 98 valence electrons. The fourth-order valence-corrected chi connectivity index (χ4v) is 2.09. The zero-order valence-electron chi connectivity index (χ0n) is 10.4. The summed E-state index contributed by atoms with van der Waals surface area (Å²) in [6, 6.07) is 6.44. The van der Waals surface area contributed by atoms with Crippen molar-refractivity contribution >= 4 is 11.0 Å². The van der Waals surface area contributed by atoms with Crippen LogP contribution in [-0.4, -0.2) is 22.0 Å². The Labute approximate surface area is 108 Å². The quantitative estimate of drug-likeness (QED) is 0.756. The molecule has 2 heterocycles. The molecule has 0 aliphatic rings. The third-order valence-corrected chi connectivity index (χ3v) is 2.94. The van der Waals surface area contributed by atoms with Crippen molar-refractivity contribution in [1.82, 2.24) is 20.7 Å². The summed E-state index contributed by atoms with van der Waals surface area (Å²) in [6.45, 7) is 2.72. The molecule has 19 heavy (non-hydrogen) atoms. The van der Waals surface area contributed by atoms with E-state index >= 15 is 0 Å². The predicted molar refractivity (Wildman–Crippen MR) is 68.1 cm³/mol. The van der Waals surface area contributed by atoms with E-state index in [9.17, 15) is 4.39 Å². The van der Waals surface area contributed by atoms with E-state index in [0.717, 1.165) is 11.9 Å². The molecule has 1 atom stereocenters. The number of rotatable bonds is 4. The molecule has 6 heteroatoms. The average Bonchev–Trinajstić information content (AvgIpc) is 3.05. The average molecular weight is 260 g/mol. The molecule has 1 unspecified atom stereocenters. The van der Waals surface area contributed by atoms with Gasteiger partial charge in [-0.2, -0.15) is 15.4 Å². The zero-order valence-corrected chi connectivity index (χ0v) is 10.4. The summed E-state index contributed by atoms with van der Waals surface area (Å²) in [6.07, 6.45) is 1.62. The van der Waals surface area contributed by atoms with E-state index in [4.69, 9.17) is 4.42 Å². The number of hydrogen-bond acceptors (Lipinski definition) is 4. The van der Waals surface area contributed by atoms with Crippen LogP contribution in [0.15, 0.2) is 34.9 Å². The molecule has 0 amide bonds.